The van der Waals surface area contributed by atoms with Crippen LogP contribution in [0.2, 0.25) is 0 Å². The van der Waals surface area contributed by atoms with E-state index in [1.807, 2.05) is 19.2 Å². The number of ether oxygens (including phenoxy) is 2. The summed E-state index contributed by atoms with van der Waals surface area (Å²) in [4.78, 5) is 14.2. The summed E-state index contributed by atoms with van der Waals surface area (Å²) >= 11 is 6.97. The number of Topliss-reactive ketones (excluding diaryl/α,β-unsaturated/α-hetero) is 1. The Morgan fingerprint density at radius 1 is 1.24 bits per heavy atom. The molecule has 1 aromatic carbocycles. The fraction of sp³-hybridized carbons (Fsp3) is 0.400. The summed E-state index contributed by atoms with van der Waals surface area (Å²) in [5.74, 6) is 1.52. The number of halogens is 2. The number of carbonyl (C=O) groups is 1. The highest BCUT2D eigenvalue weighted by Crippen LogP contribution is 2.43. The molecule has 114 valence electrons. The van der Waals surface area contributed by atoms with Gasteiger partial charge >= 0.3 is 0 Å². The molecule has 0 bridgehead atoms. The maximum absolute atomic E-state index is 12.1. The molecule has 0 saturated carbocycles. The van der Waals surface area contributed by atoms with Crippen LogP contribution in [0.15, 0.2) is 20.6 Å². The van der Waals surface area contributed by atoms with Crippen LogP contribution in [0.4, 0.5) is 0 Å². The molecule has 1 saturated heterocycles. The molecule has 0 N–H and O–H groups in total. The van der Waals surface area contributed by atoms with E-state index in [0.717, 1.165) is 26.6 Å². The van der Waals surface area contributed by atoms with Gasteiger partial charge in [-0.15, -0.1) is 0 Å². The van der Waals surface area contributed by atoms with Crippen LogP contribution in [0.1, 0.15) is 12.0 Å². The monoisotopic (exact) mass is 417 g/mol. The molecule has 0 aliphatic carbocycles. The fourth-order valence-corrected chi connectivity index (χ4v) is 3.97. The van der Waals surface area contributed by atoms with Crippen molar-refractivity contribution in [3.05, 3.63) is 26.1 Å². The molecule has 0 aromatic heterocycles. The lowest BCUT2D eigenvalue weighted by molar-refractivity contribution is -0.117. The zero-order valence-electron chi connectivity index (χ0n) is 12.2. The lowest BCUT2D eigenvalue weighted by atomic mass is 10.0. The molecule has 1 heterocycles. The molecule has 0 amide bonds. The van der Waals surface area contributed by atoms with E-state index in [0.29, 0.717) is 24.5 Å². The van der Waals surface area contributed by atoms with E-state index in [2.05, 4.69) is 36.8 Å². The zero-order chi connectivity index (χ0) is 15.6. The Labute approximate surface area is 141 Å². The third-order valence-electron chi connectivity index (χ3n) is 3.42. The number of hydrogen-bond acceptors (Lipinski definition) is 4. The number of benzene rings is 1. The summed E-state index contributed by atoms with van der Waals surface area (Å²) in [5.41, 5.74) is 1.64. The minimum absolute atomic E-state index is 0.193. The largest absolute Gasteiger partial charge is 0.495 e. The maximum atomic E-state index is 12.1. The molecule has 2 rings (SSSR count). The highest BCUT2D eigenvalue weighted by molar-refractivity contribution is 9.11. The zero-order valence-corrected chi connectivity index (χ0v) is 15.4. The van der Waals surface area contributed by atoms with Gasteiger partial charge in [-0.25, -0.2) is 0 Å². The van der Waals surface area contributed by atoms with Gasteiger partial charge in [0, 0.05) is 30.6 Å². The van der Waals surface area contributed by atoms with Gasteiger partial charge in [0.25, 0.3) is 0 Å². The SMILES string of the molecule is COc1c(Br)cc(/C=C2\CN(C)CCC2=O)c(OC)c1Br. The second-order valence-corrected chi connectivity index (χ2v) is 6.56. The molecule has 21 heavy (non-hydrogen) atoms. The first-order chi connectivity index (χ1) is 9.97. The predicted molar refractivity (Wildman–Crippen MR) is 90.0 cm³/mol. The van der Waals surface area contributed by atoms with Gasteiger partial charge < -0.3 is 14.4 Å². The minimum Gasteiger partial charge on any atom is -0.495 e. The molecule has 1 aromatic rings. The Balaban J connectivity index is 2.51. The van der Waals surface area contributed by atoms with Gasteiger partial charge in [-0.2, -0.15) is 0 Å². The first-order valence-corrected chi connectivity index (χ1v) is 8.08. The Morgan fingerprint density at radius 3 is 2.52 bits per heavy atom. The van der Waals surface area contributed by atoms with Gasteiger partial charge in [-0.1, -0.05) is 0 Å². The number of piperidine rings is 1. The van der Waals surface area contributed by atoms with Crippen LogP contribution in [-0.2, 0) is 4.79 Å². The number of nitrogens with zero attached hydrogens (tertiary/aromatic N) is 1. The predicted octanol–water partition coefficient (Wildman–Crippen LogP) is 3.52. The van der Waals surface area contributed by atoms with Crippen molar-refractivity contribution in [2.45, 2.75) is 6.42 Å². The average Bonchev–Trinajstić information content (AvgIpc) is 2.43. The second kappa shape index (κ2) is 6.94. The van der Waals surface area contributed by atoms with Crippen LogP contribution in [0.25, 0.3) is 6.08 Å². The van der Waals surface area contributed by atoms with Crippen molar-refractivity contribution in [1.82, 2.24) is 4.90 Å². The Morgan fingerprint density at radius 2 is 1.90 bits per heavy atom. The number of likely N-dealkylation sites (tertiary alicyclic amines) is 1. The van der Waals surface area contributed by atoms with Crippen molar-refractivity contribution in [1.29, 1.82) is 0 Å². The summed E-state index contributed by atoms with van der Waals surface area (Å²) in [6, 6.07) is 1.90. The van der Waals surface area contributed by atoms with Gasteiger partial charge in [0.2, 0.25) is 0 Å². The molecule has 0 radical (unpaired) electrons. The lowest BCUT2D eigenvalue weighted by Crippen LogP contribution is -2.32. The summed E-state index contributed by atoms with van der Waals surface area (Å²) in [6.07, 6.45) is 2.45. The van der Waals surface area contributed by atoms with Crippen molar-refractivity contribution in [2.24, 2.45) is 0 Å². The van der Waals surface area contributed by atoms with Crippen LogP contribution in [0.3, 0.4) is 0 Å². The standard InChI is InChI=1S/C15H17Br2NO3/c1-18-5-4-12(19)10(8-18)6-9-7-11(16)15(21-3)13(17)14(9)20-2/h6-7H,4-5,8H2,1-3H3/b10-6+. The maximum Gasteiger partial charge on any atom is 0.161 e. The van der Waals surface area contributed by atoms with E-state index < -0.39 is 0 Å². The molecule has 4 nitrogen and oxygen atoms in total. The molecule has 1 aliphatic rings. The summed E-state index contributed by atoms with van der Waals surface area (Å²) < 4.78 is 12.3. The molecule has 1 fully saturated rings. The van der Waals surface area contributed by atoms with Crippen molar-refractivity contribution in [2.75, 3.05) is 34.4 Å². The first-order valence-electron chi connectivity index (χ1n) is 6.50. The van der Waals surface area contributed by atoms with Crippen LogP contribution >= 0.6 is 31.9 Å². The molecule has 6 heteroatoms. The fourth-order valence-electron chi connectivity index (χ4n) is 2.33. The quantitative estimate of drug-likeness (QED) is 0.704. The van der Waals surface area contributed by atoms with E-state index in [-0.39, 0.29) is 5.78 Å². The Hall–Kier alpha value is -0.850. The highest BCUT2D eigenvalue weighted by atomic mass is 79.9. The number of ketones is 1. The number of rotatable bonds is 3. The van der Waals surface area contributed by atoms with E-state index >= 15 is 0 Å². The van der Waals surface area contributed by atoms with E-state index in [1.54, 1.807) is 14.2 Å². The average molecular weight is 419 g/mol. The van der Waals surface area contributed by atoms with Crippen LogP contribution < -0.4 is 9.47 Å². The smallest absolute Gasteiger partial charge is 0.161 e. The van der Waals surface area contributed by atoms with Crippen molar-refractivity contribution in [3.8, 4) is 11.5 Å². The summed E-state index contributed by atoms with van der Waals surface area (Å²) in [5, 5.41) is 0. The normalized spacial score (nSPS) is 18.1. The minimum atomic E-state index is 0.193. The third-order valence-corrected chi connectivity index (χ3v) is 4.73. The molecular formula is C15H17Br2NO3. The summed E-state index contributed by atoms with van der Waals surface area (Å²) in [6.45, 7) is 1.46. The van der Waals surface area contributed by atoms with E-state index in [9.17, 15) is 4.79 Å². The molecule has 1 aliphatic heterocycles. The molecular weight excluding hydrogens is 402 g/mol. The van der Waals surface area contributed by atoms with Gasteiger partial charge in [-0.3, -0.25) is 4.79 Å². The van der Waals surface area contributed by atoms with Gasteiger partial charge in [0.15, 0.2) is 11.5 Å². The first kappa shape index (κ1) is 16.5. The van der Waals surface area contributed by atoms with Crippen molar-refractivity contribution >= 4 is 43.7 Å². The van der Waals surface area contributed by atoms with Crippen LogP contribution in [0, 0.1) is 0 Å². The lowest BCUT2D eigenvalue weighted by Gasteiger charge is -2.23. The highest BCUT2D eigenvalue weighted by Gasteiger charge is 2.21. The number of carbonyl (C=O) groups excluding carboxylic acids is 1. The number of hydrogen-bond donors (Lipinski definition) is 0. The molecule has 0 atom stereocenters. The van der Waals surface area contributed by atoms with E-state index in [1.165, 1.54) is 0 Å². The molecule has 0 spiro atoms. The second-order valence-electron chi connectivity index (χ2n) is 4.91. The molecule has 0 unspecified atom stereocenters. The van der Waals surface area contributed by atoms with Gasteiger partial charge in [0.1, 0.15) is 10.2 Å². The number of likely N-dealkylation sites (N-methyl/N-ethyl adjacent to an activating group) is 1. The summed E-state index contributed by atoms with van der Waals surface area (Å²) in [7, 11) is 5.21. The van der Waals surface area contributed by atoms with Gasteiger partial charge in [-0.05, 0) is 51.0 Å². The van der Waals surface area contributed by atoms with Crippen LogP contribution in [-0.4, -0.2) is 45.0 Å². The van der Waals surface area contributed by atoms with Gasteiger partial charge in [0.05, 0.1) is 18.7 Å². The Bertz CT molecular complexity index is 599. The van der Waals surface area contributed by atoms with Crippen molar-refractivity contribution in [3.63, 3.8) is 0 Å². The van der Waals surface area contributed by atoms with Crippen molar-refractivity contribution < 1.29 is 14.3 Å². The topological polar surface area (TPSA) is 38.8 Å². The third kappa shape index (κ3) is 3.49. The van der Waals surface area contributed by atoms with Crippen LogP contribution in [0.5, 0.6) is 11.5 Å². The number of methoxy groups -OCH3 is 2. The van der Waals surface area contributed by atoms with E-state index in [4.69, 9.17) is 9.47 Å². The Kier molecular flexibility index (Phi) is 5.46.